The molecule has 0 aliphatic carbocycles. The van der Waals surface area contributed by atoms with Crippen molar-refractivity contribution in [3.63, 3.8) is 0 Å². The molecule has 0 saturated carbocycles. The van der Waals surface area contributed by atoms with Crippen LogP contribution in [0.25, 0.3) is 10.2 Å². The van der Waals surface area contributed by atoms with Crippen LogP contribution in [0.5, 0.6) is 0 Å². The minimum atomic E-state index is 0.907. The summed E-state index contributed by atoms with van der Waals surface area (Å²) >= 11 is 1.69. The van der Waals surface area contributed by atoms with Crippen molar-refractivity contribution in [2.24, 2.45) is 5.10 Å². The van der Waals surface area contributed by atoms with Crippen LogP contribution in [0.2, 0.25) is 0 Å². The van der Waals surface area contributed by atoms with E-state index < -0.39 is 0 Å². The molecule has 1 aromatic carbocycles. The lowest BCUT2D eigenvalue weighted by Gasteiger charge is -2.13. The molecule has 0 bridgehead atoms. The number of hydrogen-bond acceptors (Lipinski definition) is 4. The Labute approximate surface area is 99.4 Å². The van der Waals surface area contributed by atoms with Gasteiger partial charge in [0.15, 0.2) is 0 Å². The molecule has 84 valence electrons. The van der Waals surface area contributed by atoms with Gasteiger partial charge in [-0.25, -0.2) is 9.99 Å². The highest BCUT2D eigenvalue weighted by molar-refractivity contribution is 7.22. The van der Waals surface area contributed by atoms with Gasteiger partial charge in [0.2, 0.25) is 5.13 Å². The number of hydrazone groups is 1. The molecule has 0 fully saturated rings. The van der Waals surface area contributed by atoms with E-state index >= 15 is 0 Å². The second kappa shape index (κ2) is 5.07. The molecule has 1 aromatic heterocycles. The minimum Gasteiger partial charge on any atom is -0.240 e. The summed E-state index contributed by atoms with van der Waals surface area (Å²) in [5.41, 5.74) is 1.05. The molecule has 3 nitrogen and oxygen atoms in total. The Bertz CT molecular complexity index is 457. The summed E-state index contributed by atoms with van der Waals surface area (Å²) in [6.45, 7) is 4.98. The first-order chi connectivity index (χ1) is 7.85. The van der Waals surface area contributed by atoms with Gasteiger partial charge in [0.1, 0.15) is 0 Å². The lowest BCUT2D eigenvalue weighted by Crippen LogP contribution is -2.16. The van der Waals surface area contributed by atoms with Gasteiger partial charge < -0.3 is 0 Å². The van der Waals surface area contributed by atoms with Crippen molar-refractivity contribution in [3.05, 3.63) is 24.3 Å². The van der Waals surface area contributed by atoms with Gasteiger partial charge in [0.25, 0.3) is 0 Å². The first-order valence-electron chi connectivity index (χ1n) is 5.47. The van der Waals surface area contributed by atoms with E-state index in [2.05, 4.69) is 23.1 Å². The van der Waals surface area contributed by atoms with Crippen LogP contribution in [-0.4, -0.2) is 17.7 Å². The van der Waals surface area contributed by atoms with Crippen LogP contribution in [0.15, 0.2) is 29.4 Å². The second-order valence-corrected chi connectivity index (χ2v) is 4.47. The third-order valence-electron chi connectivity index (χ3n) is 2.19. The fourth-order valence-electron chi connectivity index (χ4n) is 1.52. The average Bonchev–Trinajstić information content (AvgIpc) is 2.72. The standard InChI is InChI=1S/C12H15N3S/c1-3-9-15(13-4-2)12-14-10-7-5-6-8-11(10)16-12/h4-8H,3,9H2,1-2H3/b13-4+. The van der Waals surface area contributed by atoms with Gasteiger partial charge in [-0.05, 0) is 25.5 Å². The minimum absolute atomic E-state index is 0.907. The summed E-state index contributed by atoms with van der Waals surface area (Å²) in [6.07, 6.45) is 2.87. The van der Waals surface area contributed by atoms with Crippen molar-refractivity contribution in [3.8, 4) is 0 Å². The highest BCUT2D eigenvalue weighted by atomic mass is 32.1. The summed E-state index contributed by atoms with van der Waals surface area (Å²) in [5, 5.41) is 7.27. The van der Waals surface area contributed by atoms with Crippen LogP contribution in [0.4, 0.5) is 5.13 Å². The zero-order valence-corrected chi connectivity index (χ0v) is 10.4. The molecule has 0 N–H and O–H groups in total. The van der Waals surface area contributed by atoms with E-state index in [4.69, 9.17) is 0 Å². The molecular weight excluding hydrogens is 218 g/mol. The van der Waals surface area contributed by atoms with E-state index in [-0.39, 0.29) is 0 Å². The fourth-order valence-corrected chi connectivity index (χ4v) is 2.47. The number of benzene rings is 1. The van der Waals surface area contributed by atoms with Crippen LogP contribution in [0, 0.1) is 0 Å². The molecule has 0 atom stereocenters. The molecule has 2 aromatic rings. The number of para-hydroxylation sites is 1. The number of fused-ring (bicyclic) bond motifs is 1. The number of aromatic nitrogens is 1. The van der Waals surface area contributed by atoms with Crippen molar-refractivity contribution >= 4 is 32.9 Å². The van der Waals surface area contributed by atoms with Crippen LogP contribution in [0.1, 0.15) is 20.3 Å². The number of thiazole rings is 1. The van der Waals surface area contributed by atoms with Gasteiger partial charge in [0, 0.05) is 12.8 Å². The molecular formula is C12H15N3S. The topological polar surface area (TPSA) is 28.5 Å². The predicted octanol–water partition coefficient (Wildman–Crippen LogP) is 3.52. The highest BCUT2D eigenvalue weighted by Crippen LogP contribution is 2.28. The average molecular weight is 233 g/mol. The van der Waals surface area contributed by atoms with E-state index in [1.807, 2.05) is 36.3 Å². The molecule has 0 amide bonds. The lowest BCUT2D eigenvalue weighted by atomic mass is 10.3. The maximum atomic E-state index is 4.58. The molecule has 0 aliphatic heterocycles. The van der Waals surface area contributed by atoms with Gasteiger partial charge in [0.05, 0.1) is 10.2 Å². The van der Waals surface area contributed by atoms with Crippen molar-refractivity contribution < 1.29 is 0 Å². The summed E-state index contributed by atoms with van der Waals surface area (Å²) < 4.78 is 1.21. The Morgan fingerprint density at radius 2 is 2.25 bits per heavy atom. The molecule has 0 aliphatic rings. The predicted molar refractivity (Wildman–Crippen MR) is 71.4 cm³/mol. The van der Waals surface area contributed by atoms with Gasteiger partial charge in [-0.15, -0.1) is 0 Å². The van der Waals surface area contributed by atoms with E-state index in [1.165, 1.54) is 4.70 Å². The monoisotopic (exact) mass is 233 g/mol. The summed E-state index contributed by atoms with van der Waals surface area (Å²) in [7, 11) is 0. The summed E-state index contributed by atoms with van der Waals surface area (Å²) in [6, 6.07) is 8.18. The van der Waals surface area contributed by atoms with Crippen LogP contribution in [-0.2, 0) is 0 Å². The molecule has 1 heterocycles. The van der Waals surface area contributed by atoms with Crippen LogP contribution >= 0.6 is 11.3 Å². The third kappa shape index (κ3) is 2.22. The highest BCUT2D eigenvalue weighted by Gasteiger charge is 2.09. The maximum Gasteiger partial charge on any atom is 0.207 e. The molecule has 0 spiro atoms. The van der Waals surface area contributed by atoms with Crippen molar-refractivity contribution in [2.75, 3.05) is 11.6 Å². The Balaban J connectivity index is 2.36. The molecule has 0 saturated heterocycles. The Kier molecular flexibility index (Phi) is 3.51. The fraction of sp³-hybridized carbons (Fsp3) is 0.333. The molecule has 16 heavy (non-hydrogen) atoms. The zero-order chi connectivity index (χ0) is 11.4. The van der Waals surface area contributed by atoms with E-state index in [0.29, 0.717) is 0 Å². The Morgan fingerprint density at radius 3 is 2.94 bits per heavy atom. The summed E-state index contributed by atoms with van der Waals surface area (Å²) in [4.78, 5) is 4.58. The smallest absolute Gasteiger partial charge is 0.207 e. The van der Waals surface area contributed by atoms with Gasteiger partial charge in [-0.3, -0.25) is 0 Å². The number of nitrogens with zero attached hydrogens (tertiary/aromatic N) is 3. The lowest BCUT2D eigenvalue weighted by molar-refractivity contribution is 0.806. The number of hydrogen-bond donors (Lipinski definition) is 0. The molecule has 0 radical (unpaired) electrons. The SMILES string of the molecule is C/C=N/N(CCC)c1nc2ccccc2s1. The largest absolute Gasteiger partial charge is 0.240 e. The first kappa shape index (κ1) is 11.1. The van der Waals surface area contributed by atoms with Gasteiger partial charge in [-0.1, -0.05) is 30.4 Å². The van der Waals surface area contributed by atoms with E-state index in [9.17, 15) is 0 Å². The summed E-state index contributed by atoms with van der Waals surface area (Å²) in [5.74, 6) is 0. The van der Waals surface area contributed by atoms with Crippen LogP contribution in [0.3, 0.4) is 0 Å². The number of anilines is 1. The van der Waals surface area contributed by atoms with Crippen molar-refractivity contribution in [2.45, 2.75) is 20.3 Å². The molecule has 0 unspecified atom stereocenters. The maximum absolute atomic E-state index is 4.58. The van der Waals surface area contributed by atoms with Crippen molar-refractivity contribution in [1.29, 1.82) is 0 Å². The molecule has 4 heteroatoms. The molecule has 2 rings (SSSR count). The Hall–Kier alpha value is -1.42. The van der Waals surface area contributed by atoms with Crippen LogP contribution < -0.4 is 5.01 Å². The van der Waals surface area contributed by atoms with E-state index in [1.54, 1.807) is 11.3 Å². The first-order valence-corrected chi connectivity index (χ1v) is 6.28. The normalized spacial score (nSPS) is 11.4. The third-order valence-corrected chi connectivity index (χ3v) is 3.24. The second-order valence-electron chi connectivity index (χ2n) is 3.46. The quantitative estimate of drug-likeness (QED) is 0.597. The van der Waals surface area contributed by atoms with Crippen molar-refractivity contribution in [1.82, 2.24) is 4.98 Å². The zero-order valence-electron chi connectivity index (χ0n) is 9.55. The van der Waals surface area contributed by atoms with Gasteiger partial charge in [-0.2, -0.15) is 5.10 Å². The number of rotatable bonds is 4. The van der Waals surface area contributed by atoms with Gasteiger partial charge >= 0.3 is 0 Å². The Morgan fingerprint density at radius 1 is 1.44 bits per heavy atom. The van der Waals surface area contributed by atoms with E-state index in [0.717, 1.165) is 23.6 Å².